The first-order valence-corrected chi connectivity index (χ1v) is 8.42. The van der Waals surface area contributed by atoms with E-state index in [0.29, 0.717) is 0 Å². The van der Waals surface area contributed by atoms with E-state index in [1.54, 1.807) is 11.3 Å². The molecule has 0 spiro atoms. The van der Waals surface area contributed by atoms with Crippen LogP contribution in [0.25, 0.3) is 0 Å². The van der Waals surface area contributed by atoms with Crippen molar-refractivity contribution in [3.05, 3.63) is 50.1 Å². The molecule has 1 heterocycles. The summed E-state index contributed by atoms with van der Waals surface area (Å²) in [6.45, 7) is 5.11. The SMILES string of the molecule is Cc1ccc(N(C)Cc2cc(Br)cs2)c(CC(C)N)c1. The molecule has 0 fully saturated rings. The van der Waals surface area contributed by atoms with E-state index in [0.717, 1.165) is 17.4 Å². The van der Waals surface area contributed by atoms with Gasteiger partial charge in [0.15, 0.2) is 0 Å². The molecule has 1 atom stereocenters. The molecule has 2 N–H and O–H groups in total. The first kappa shape index (κ1) is 15.5. The third kappa shape index (κ3) is 4.08. The molecule has 2 nitrogen and oxygen atoms in total. The topological polar surface area (TPSA) is 29.3 Å². The summed E-state index contributed by atoms with van der Waals surface area (Å²) < 4.78 is 1.16. The minimum Gasteiger partial charge on any atom is -0.369 e. The predicted octanol–water partition coefficient (Wildman–Crippen LogP) is 4.35. The van der Waals surface area contributed by atoms with Gasteiger partial charge < -0.3 is 10.6 Å². The standard InChI is InChI=1S/C16H21BrN2S/c1-11-4-5-16(13(6-11)7-12(2)18)19(3)9-15-8-14(17)10-20-15/h4-6,8,10,12H,7,9,18H2,1-3H3. The summed E-state index contributed by atoms with van der Waals surface area (Å²) in [4.78, 5) is 3.65. The van der Waals surface area contributed by atoms with Gasteiger partial charge in [0.25, 0.3) is 0 Å². The lowest BCUT2D eigenvalue weighted by Crippen LogP contribution is -2.22. The number of thiophene rings is 1. The van der Waals surface area contributed by atoms with Crippen LogP contribution in [0.5, 0.6) is 0 Å². The van der Waals surface area contributed by atoms with Crippen molar-refractivity contribution in [1.82, 2.24) is 0 Å². The fourth-order valence-electron chi connectivity index (χ4n) is 2.35. The first-order chi connectivity index (χ1) is 9.45. The summed E-state index contributed by atoms with van der Waals surface area (Å²) in [5, 5.41) is 2.13. The minimum absolute atomic E-state index is 0.180. The van der Waals surface area contributed by atoms with E-state index < -0.39 is 0 Å². The van der Waals surface area contributed by atoms with Crippen molar-refractivity contribution in [2.24, 2.45) is 5.73 Å². The number of nitrogens with two attached hydrogens (primary N) is 1. The van der Waals surface area contributed by atoms with Gasteiger partial charge >= 0.3 is 0 Å². The third-order valence-corrected chi connectivity index (χ3v) is 4.89. The zero-order chi connectivity index (χ0) is 14.7. The molecule has 2 aromatic rings. The summed E-state index contributed by atoms with van der Waals surface area (Å²) in [5.41, 5.74) is 9.87. The van der Waals surface area contributed by atoms with Crippen molar-refractivity contribution >= 4 is 33.0 Å². The molecule has 108 valence electrons. The van der Waals surface area contributed by atoms with Crippen LogP contribution in [0.3, 0.4) is 0 Å². The summed E-state index contributed by atoms with van der Waals surface area (Å²) in [6.07, 6.45) is 0.912. The molecule has 0 bridgehead atoms. The second-order valence-corrected chi connectivity index (χ2v) is 7.31. The quantitative estimate of drug-likeness (QED) is 0.866. The highest BCUT2D eigenvalue weighted by Crippen LogP contribution is 2.26. The Hall–Kier alpha value is -0.840. The Balaban J connectivity index is 2.21. The Kier molecular flexibility index (Phi) is 5.24. The van der Waals surface area contributed by atoms with Crippen LogP contribution in [0.2, 0.25) is 0 Å². The fraction of sp³-hybridized carbons (Fsp3) is 0.375. The molecule has 4 heteroatoms. The van der Waals surface area contributed by atoms with Gasteiger partial charge in [-0.1, -0.05) is 17.7 Å². The fourth-order valence-corrected chi connectivity index (χ4v) is 3.86. The first-order valence-electron chi connectivity index (χ1n) is 6.75. The summed E-state index contributed by atoms with van der Waals surface area (Å²) in [7, 11) is 2.14. The van der Waals surface area contributed by atoms with E-state index in [-0.39, 0.29) is 6.04 Å². The molecule has 0 saturated heterocycles. The van der Waals surface area contributed by atoms with Crippen molar-refractivity contribution in [3.8, 4) is 0 Å². The zero-order valence-electron chi connectivity index (χ0n) is 12.2. The highest BCUT2D eigenvalue weighted by molar-refractivity contribution is 9.10. The minimum atomic E-state index is 0.180. The third-order valence-electron chi connectivity index (χ3n) is 3.20. The van der Waals surface area contributed by atoms with Crippen LogP contribution in [0.15, 0.2) is 34.1 Å². The van der Waals surface area contributed by atoms with E-state index in [1.807, 2.05) is 0 Å². The largest absolute Gasteiger partial charge is 0.369 e. The Morgan fingerprint density at radius 3 is 2.70 bits per heavy atom. The molecule has 0 aliphatic carbocycles. The van der Waals surface area contributed by atoms with Crippen molar-refractivity contribution in [3.63, 3.8) is 0 Å². The van der Waals surface area contributed by atoms with Crippen molar-refractivity contribution in [2.45, 2.75) is 32.9 Å². The number of halogens is 1. The number of rotatable bonds is 5. The molecule has 0 aliphatic heterocycles. The Morgan fingerprint density at radius 1 is 1.35 bits per heavy atom. The van der Waals surface area contributed by atoms with E-state index in [2.05, 4.69) is 71.4 Å². The lowest BCUT2D eigenvalue weighted by molar-refractivity contribution is 0.734. The summed E-state index contributed by atoms with van der Waals surface area (Å²) in [5.74, 6) is 0. The van der Waals surface area contributed by atoms with Crippen molar-refractivity contribution < 1.29 is 0 Å². The van der Waals surface area contributed by atoms with Crippen molar-refractivity contribution in [2.75, 3.05) is 11.9 Å². The van der Waals surface area contributed by atoms with Crippen LogP contribution in [0.1, 0.15) is 22.9 Å². The second kappa shape index (κ2) is 6.74. The van der Waals surface area contributed by atoms with Gasteiger partial charge in [0.2, 0.25) is 0 Å². The second-order valence-electron chi connectivity index (χ2n) is 5.40. The maximum Gasteiger partial charge on any atom is 0.0520 e. The zero-order valence-corrected chi connectivity index (χ0v) is 14.6. The number of aryl methyl sites for hydroxylation is 1. The van der Waals surface area contributed by atoms with E-state index in [4.69, 9.17) is 5.73 Å². The molecule has 0 saturated carbocycles. The number of hydrogen-bond donors (Lipinski definition) is 1. The number of anilines is 1. The molecule has 20 heavy (non-hydrogen) atoms. The Bertz CT molecular complexity index is 578. The summed E-state index contributed by atoms with van der Waals surface area (Å²) >= 11 is 5.29. The van der Waals surface area contributed by atoms with Crippen LogP contribution in [-0.2, 0) is 13.0 Å². The van der Waals surface area contributed by atoms with Crippen LogP contribution in [0.4, 0.5) is 5.69 Å². The molecule has 1 aromatic heterocycles. The van der Waals surface area contributed by atoms with Gasteiger partial charge in [-0.3, -0.25) is 0 Å². The molecular formula is C16H21BrN2S. The molecule has 1 aromatic carbocycles. The normalized spacial score (nSPS) is 12.4. The summed E-state index contributed by atoms with van der Waals surface area (Å²) in [6, 6.07) is 8.98. The van der Waals surface area contributed by atoms with E-state index >= 15 is 0 Å². The van der Waals surface area contributed by atoms with Gasteiger partial charge in [0.05, 0.1) is 6.54 Å². The predicted molar refractivity (Wildman–Crippen MR) is 92.7 cm³/mol. The molecule has 2 rings (SSSR count). The van der Waals surface area contributed by atoms with Crippen LogP contribution in [-0.4, -0.2) is 13.1 Å². The van der Waals surface area contributed by atoms with Crippen molar-refractivity contribution in [1.29, 1.82) is 0 Å². The molecule has 1 unspecified atom stereocenters. The Labute approximate surface area is 133 Å². The van der Waals surface area contributed by atoms with Gasteiger partial charge in [-0.25, -0.2) is 0 Å². The van der Waals surface area contributed by atoms with Gasteiger partial charge in [-0.15, -0.1) is 11.3 Å². The average molecular weight is 353 g/mol. The average Bonchev–Trinajstić information content (AvgIpc) is 2.73. The van der Waals surface area contributed by atoms with Gasteiger partial charge in [-0.2, -0.15) is 0 Å². The lowest BCUT2D eigenvalue weighted by atomic mass is 10.0. The maximum absolute atomic E-state index is 5.98. The number of hydrogen-bond acceptors (Lipinski definition) is 3. The number of nitrogens with zero attached hydrogens (tertiary/aromatic N) is 1. The molecule has 0 amide bonds. The maximum atomic E-state index is 5.98. The molecule has 0 aliphatic rings. The molecule has 0 radical (unpaired) electrons. The highest BCUT2D eigenvalue weighted by atomic mass is 79.9. The smallest absolute Gasteiger partial charge is 0.0520 e. The van der Waals surface area contributed by atoms with Crippen LogP contribution < -0.4 is 10.6 Å². The van der Waals surface area contributed by atoms with E-state index in [9.17, 15) is 0 Å². The van der Waals surface area contributed by atoms with Gasteiger partial charge in [0, 0.05) is 33.5 Å². The van der Waals surface area contributed by atoms with Crippen LogP contribution >= 0.6 is 27.3 Å². The Morgan fingerprint density at radius 2 is 2.10 bits per heavy atom. The van der Waals surface area contributed by atoms with Crippen LogP contribution in [0, 0.1) is 6.92 Å². The monoisotopic (exact) mass is 352 g/mol. The van der Waals surface area contributed by atoms with Gasteiger partial charge in [-0.05, 0) is 53.9 Å². The van der Waals surface area contributed by atoms with E-state index in [1.165, 1.54) is 21.7 Å². The van der Waals surface area contributed by atoms with Gasteiger partial charge in [0.1, 0.15) is 0 Å². The molecular weight excluding hydrogens is 332 g/mol. The lowest BCUT2D eigenvalue weighted by Gasteiger charge is -2.23. The number of benzene rings is 1. The highest BCUT2D eigenvalue weighted by Gasteiger charge is 2.11.